The van der Waals surface area contributed by atoms with Crippen molar-refractivity contribution in [3.05, 3.63) is 0 Å². The minimum Gasteiger partial charge on any atom is -0.459 e. The number of hydrogen-bond donors (Lipinski definition) is 0. The van der Waals surface area contributed by atoms with Crippen LogP contribution in [0.4, 0.5) is 0 Å². The van der Waals surface area contributed by atoms with Gasteiger partial charge in [0.25, 0.3) is 0 Å². The third-order valence-corrected chi connectivity index (χ3v) is 6.28. The maximum Gasteiger partial charge on any atom is 0.311 e. The minimum atomic E-state index is -0.403. The Morgan fingerprint density at radius 2 is 1.30 bits per heavy atom. The van der Waals surface area contributed by atoms with Crippen LogP contribution in [0.15, 0.2) is 0 Å². The van der Waals surface area contributed by atoms with Crippen LogP contribution in [0.25, 0.3) is 0 Å². The van der Waals surface area contributed by atoms with E-state index in [0.29, 0.717) is 0 Å². The molecule has 4 aliphatic carbocycles. The number of rotatable bonds is 2. The average Bonchev–Trinajstić information content (AvgIpc) is 2.24. The molecule has 4 fully saturated rings. The molecule has 114 valence electrons. The van der Waals surface area contributed by atoms with E-state index in [1.807, 2.05) is 20.8 Å². The monoisotopic (exact) mass is 278 g/mol. The highest BCUT2D eigenvalue weighted by Crippen LogP contribution is 2.64. The van der Waals surface area contributed by atoms with Crippen LogP contribution in [0.5, 0.6) is 0 Å². The molecule has 0 N–H and O–H groups in total. The molecule has 4 saturated carbocycles. The maximum atomic E-state index is 12.4. The highest BCUT2D eigenvalue weighted by Gasteiger charge is 2.59. The lowest BCUT2D eigenvalue weighted by Crippen LogP contribution is -2.57. The van der Waals surface area contributed by atoms with Crippen LogP contribution in [-0.4, -0.2) is 11.6 Å². The van der Waals surface area contributed by atoms with Gasteiger partial charge in [-0.15, -0.1) is 0 Å². The molecule has 4 bridgehead atoms. The number of carbonyl (C=O) groups excluding carboxylic acids is 1. The summed E-state index contributed by atoms with van der Waals surface area (Å²) in [6, 6.07) is 0. The van der Waals surface area contributed by atoms with Crippen LogP contribution in [0.1, 0.15) is 73.1 Å². The molecule has 0 aliphatic heterocycles. The van der Waals surface area contributed by atoms with Crippen LogP contribution in [0.3, 0.4) is 0 Å². The maximum absolute atomic E-state index is 12.4. The van der Waals surface area contributed by atoms with Crippen LogP contribution >= 0.6 is 0 Å². The number of ether oxygens (including phenoxy) is 1. The Kier molecular flexibility index (Phi) is 3.05. The summed E-state index contributed by atoms with van der Waals surface area (Å²) >= 11 is 0. The van der Waals surface area contributed by atoms with Gasteiger partial charge in [-0.1, -0.05) is 0 Å². The molecule has 0 heterocycles. The van der Waals surface area contributed by atoms with Gasteiger partial charge >= 0.3 is 5.97 Å². The molecule has 2 heteroatoms. The topological polar surface area (TPSA) is 26.3 Å². The summed E-state index contributed by atoms with van der Waals surface area (Å²) in [6.07, 6.45) is 8.14. The fraction of sp³-hybridized carbons (Fsp3) is 0.944. The summed E-state index contributed by atoms with van der Waals surface area (Å²) in [5.74, 6) is 2.65. The molecule has 0 saturated heterocycles. The Hall–Kier alpha value is -0.530. The lowest BCUT2D eigenvalue weighted by Gasteiger charge is -2.61. The second kappa shape index (κ2) is 4.24. The molecule has 0 aromatic carbocycles. The summed E-state index contributed by atoms with van der Waals surface area (Å²) in [6.45, 7) is 10.2. The van der Waals surface area contributed by atoms with Gasteiger partial charge in [-0.3, -0.25) is 4.79 Å². The average molecular weight is 278 g/mol. The van der Waals surface area contributed by atoms with Gasteiger partial charge in [-0.25, -0.2) is 0 Å². The lowest BCUT2D eigenvalue weighted by atomic mass is 9.46. The number of hydrogen-bond acceptors (Lipinski definition) is 2. The standard InChI is InChI=1S/C18H30O2/c1-16(2,3)15(19)20-17(4,5)18-9-12-6-13(10-18)8-14(7-12)11-18/h12-14H,6-11H2,1-5H3. The van der Waals surface area contributed by atoms with E-state index in [0.717, 1.165) is 17.8 Å². The Balaban J connectivity index is 1.82. The van der Waals surface area contributed by atoms with E-state index in [4.69, 9.17) is 4.74 Å². The van der Waals surface area contributed by atoms with Gasteiger partial charge in [-0.05, 0) is 90.9 Å². The first-order valence-corrected chi connectivity index (χ1v) is 8.35. The van der Waals surface area contributed by atoms with Crippen molar-refractivity contribution in [2.24, 2.45) is 28.6 Å². The van der Waals surface area contributed by atoms with Crippen molar-refractivity contribution in [2.45, 2.75) is 78.7 Å². The van der Waals surface area contributed by atoms with Gasteiger partial charge in [-0.2, -0.15) is 0 Å². The smallest absolute Gasteiger partial charge is 0.311 e. The zero-order chi connectivity index (χ0) is 14.8. The van der Waals surface area contributed by atoms with Gasteiger partial charge in [0, 0.05) is 5.41 Å². The summed E-state index contributed by atoms with van der Waals surface area (Å²) in [4.78, 5) is 12.4. The molecule has 2 nitrogen and oxygen atoms in total. The van der Waals surface area contributed by atoms with E-state index >= 15 is 0 Å². The first-order valence-electron chi connectivity index (χ1n) is 8.35. The highest BCUT2D eigenvalue weighted by atomic mass is 16.6. The van der Waals surface area contributed by atoms with E-state index in [1.165, 1.54) is 38.5 Å². The fourth-order valence-electron chi connectivity index (χ4n) is 5.34. The first kappa shape index (κ1) is 14.4. The van der Waals surface area contributed by atoms with Crippen LogP contribution in [-0.2, 0) is 9.53 Å². The number of esters is 1. The molecule has 20 heavy (non-hydrogen) atoms. The molecule has 0 aromatic rings. The van der Waals surface area contributed by atoms with E-state index < -0.39 is 5.41 Å². The molecule has 0 amide bonds. The Morgan fingerprint density at radius 1 is 0.900 bits per heavy atom. The first-order chi connectivity index (χ1) is 9.11. The summed E-state index contributed by atoms with van der Waals surface area (Å²) in [5.41, 5.74) is -0.463. The second-order valence-electron chi connectivity index (χ2n) is 9.35. The minimum absolute atomic E-state index is 0.0433. The van der Waals surface area contributed by atoms with Crippen molar-refractivity contribution in [2.75, 3.05) is 0 Å². The van der Waals surface area contributed by atoms with E-state index in [2.05, 4.69) is 13.8 Å². The van der Waals surface area contributed by atoms with Gasteiger partial charge in [0.05, 0.1) is 5.41 Å². The largest absolute Gasteiger partial charge is 0.459 e. The second-order valence-corrected chi connectivity index (χ2v) is 9.35. The van der Waals surface area contributed by atoms with Crippen molar-refractivity contribution in [1.82, 2.24) is 0 Å². The third-order valence-electron chi connectivity index (χ3n) is 6.28. The van der Waals surface area contributed by atoms with E-state index in [1.54, 1.807) is 0 Å². The predicted molar refractivity (Wildman–Crippen MR) is 80.2 cm³/mol. The van der Waals surface area contributed by atoms with Crippen molar-refractivity contribution < 1.29 is 9.53 Å². The van der Waals surface area contributed by atoms with E-state index in [-0.39, 0.29) is 17.0 Å². The molecule has 0 radical (unpaired) electrons. The van der Waals surface area contributed by atoms with Gasteiger partial charge < -0.3 is 4.74 Å². The quantitative estimate of drug-likeness (QED) is 0.692. The summed E-state index contributed by atoms with van der Waals surface area (Å²) in [7, 11) is 0. The van der Waals surface area contributed by atoms with Crippen LogP contribution < -0.4 is 0 Å². The molecular weight excluding hydrogens is 248 g/mol. The van der Waals surface area contributed by atoms with Gasteiger partial charge in [0.2, 0.25) is 0 Å². The molecule has 4 aliphatic rings. The number of carbonyl (C=O) groups is 1. The molecule has 4 rings (SSSR count). The Bertz CT molecular complexity index is 378. The molecule has 0 unspecified atom stereocenters. The zero-order valence-electron chi connectivity index (χ0n) is 13.8. The van der Waals surface area contributed by atoms with Crippen molar-refractivity contribution in [3.8, 4) is 0 Å². The fourth-order valence-corrected chi connectivity index (χ4v) is 5.34. The Labute approximate surface area is 123 Å². The van der Waals surface area contributed by atoms with Crippen LogP contribution in [0, 0.1) is 28.6 Å². The van der Waals surface area contributed by atoms with Crippen molar-refractivity contribution >= 4 is 5.97 Å². The normalized spacial score (nSPS) is 40.0. The molecule has 0 aromatic heterocycles. The highest BCUT2D eigenvalue weighted by molar-refractivity contribution is 5.75. The van der Waals surface area contributed by atoms with Crippen molar-refractivity contribution in [3.63, 3.8) is 0 Å². The van der Waals surface area contributed by atoms with Crippen LogP contribution in [0.2, 0.25) is 0 Å². The third kappa shape index (κ3) is 2.19. The summed E-state index contributed by atoms with van der Waals surface area (Å²) < 4.78 is 6.05. The molecular formula is C18H30O2. The lowest BCUT2D eigenvalue weighted by molar-refractivity contribution is -0.205. The van der Waals surface area contributed by atoms with Crippen molar-refractivity contribution in [1.29, 1.82) is 0 Å². The van der Waals surface area contributed by atoms with Gasteiger partial charge in [0.15, 0.2) is 0 Å². The molecule has 0 spiro atoms. The SMILES string of the molecule is CC(C)(C)C(=O)OC(C)(C)C12CC3CC(CC(C3)C1)C2. The zero-order valence-corrected chi connectivity index (χ0v) is 13.8. The van der Waals surface area contributed by atoms with Gasteiger partial charge in [0.1, 0.15) is 5.60 Å². The molecule has 0 atom stereocenters. The summed E-state index contributed by atoms with van der Waals surface area (Å²) in [5, 5.41) is 0. The Morgan fingerprint density at radius 3 is 1.65 bits per heavy atom. The van der Waals surface area contributed by atoms with E-state index in [9.17, 15) is 4.79 Å². The predicted octanol–water partition coefficient (Wildman–Crippen LogP) is 4.57.